The Labute approximate surface area is 163 Å². The molecule has 0 aromatic heterocycles. The van der Waals surface area contributed by atoms with Crippen molar-refractivity contribution in [3.05, 3.63) is 82.9 Å². The molecule has 28 heavy (non-hydrogen) atoms. The highest BCUT2D eigenvalue weighted by Gasteiger charge is 2.57. The number of hydrogen-bond acceptors (Lipinski definition) is 3. The summed E-state index contributed by atoms with van der Waals surface area (Å²) in [6.07, 6.45) is 0.638. The molecule has 3 aromatic carbocycles. The van der Waals surface area contributed by atoms with Gasteiger partial charge in [-0.15, -0.1) is 0 Å². The van der Waals surface area contributed by atoms with Crippen LogP contribution in [0.1, 0.15) is 28.3 Å². The lowest BCUT2D eigenvalue weighted by Gasteiger charge is -2.34. The summed E-state index contributed by atoms with van der Waals surface area (Å²) in [7, 11) is 0. The van der Waals surface area contributed by atoms with E-state index in [1.165, 1.54) is 27.5 Å². The van der Waals surface area contributed by atoms with Crippen LogP contribution in [0.15, 0.2) is 65.8 Å². The van der Waals surface area contributed by atoms with E-state index in [1.807, 2.05) is 17.0 Å². The van der Waals surface area contributed by atoms with E-state index in [2.05, 4.69) is 60.6 Å². The molecule has 3 aromatic rings. The molecule has 3 heterocycles. The van der Waals surface area contributed by atoms with Crippen LogP contribution in [0.2, 0.25) is 0 Å². The SMILES string of the molecule is Cc1ccc(C2=NO[C@H]3[C@@H]2C(=O)N2CCc4c(ccc5ccccc45)[C@H]32)cc1. The Morgan fingerprint density at radius 2 is 1.86 bits per heavy atom. The summed E-state index contributed by atoms with van der Waals surface area (Å²) in [4.78, 5) is 21.2. The van der Waals surface area contributed by atoms with Crippen molar-refractivity contribution >= 4 is 22.4 Å². The molecule has 3 aliphatic rings. The average Bonchev–Trinajstić information content (AvgIpc) is 3.28. The van der Waals surface area contributed by atoms with Crippen molar-refractivity contribution in [2.75, 3.05) is 6.54 Å². The van der Waals surface area contributed by atoms with Crippen LogP contribution in [0, 0.1) is 12.8 Å². The fourth-order valence-corrected chi connectivity index (χ4v) is 5.07. The van der Waals surface area contributed by atoms with Gasteiger partial charge in [0.2, 0.25) is 5.91 Å². The zero-order chi connectivity index (χ0) is 18.8. The van der Waals surface area contributed by atoms with E-state index in [0.29, 0.717) is 0 Å². The van der Waals surface area contributed by atoms with Gasteiger partial charge < -0.3 is 9.74 Å². The maximum absolute atomic E-state index is 13.3. The minimum Gasteiger partial charge on any atom is -0.388 e. The Bertz CT molecular complexity index is 1150. The van der Waals surface area contributed by atoms with Gasteiger partial charge in [0.15, 0.2) is 6.10 Å². The molecule has 1 fully saturated rings. The first-order valence-corrected chi connectivity index (χ1v) is 9.84. The van der Waals surface area contributed by atoms with E-state index in [9.17, 15) is 4.79 Å². The normalized spacial score (nSPS) is 25.2. The van der Waals surface area contributed by atoms with Gasteiger partial charge >= 0.3 is 0 Å². The first-order chi connectivity index (χ1) is 13.7. The molecule has 0 saturated carbocycles. The van der Waals surface area contributed by atoms with E-state index in [1.54, 1.807) is 0 Å². The van der Waals surface area contributed by atoms with E-state index in [-0.39, 0.29) is 24.0 Å². The zero-order valence-corrected chi connectivity index (χ0v) is 15.6. The summed E-state index contributed by atoms with van der Waals surface area (Å²) in [6.45, 7) is 2.80. The summed E-state index contributed by atoms with van der Waals surface area (Å²) in [5.41, 5.74) is 5.50. The van der Waals surface area contributed by atoms with Gasteiger partial charge in [0.25, 0.3) is 0 Å². The third-order valence-corrected chi connectivity index (χ3v) is 6.44. The number of aryl methyl sites for hydroxylation is 1. The molecule has 138 valence electrons. The highest BCUT2D eigenvalue weighted by Crippen LogP contribution is 2.47. The van der Waals surface area contributed by atoms with Crippen molar-refractivity contribution in [2.24, 2.45) is 11.1 Å². The highest BCUT2D eigenvalue weighted by molar-refractivity contribution is 6.15. The van der Waals surface area contributed by atoms with Crippen LogP contribution in [0.5, 0.6) is 0 Å². The van der Waals surface area contributed by atoms with Crippen LogP contribution >= 0.6 is 0 Å². The molecule has 1 saturated heterocycles. The first-order valence-electron chi connectivity index (χ1n) is 9.84. The van der Waals surface area contributed by atoms with Crippen molar-refractivity contribution in [3.8, 4) is 0 Å². The molecule has 0 N–H and O–H groups in total. The quantitative estimate of drug-likeness (QED) is 0.651. The molecule has 0 aliphatic carbocycles. The van der Waals surface area contributed by atoms with Gasteiger partial charge in [-0.2, -0.15) is 0 Å². The number of fused-ring (bicyclic) bond motifs is 7. The summed E-state index contributed by atoms with van der Waals surface area (Å²) >= 11 is 0. The number of carbonyl (C=O) groups excluding carboxylic acids is 1. The fourth-order valence-electron chi connectivity index (χ4n) is 5.07. The van der Waals surface area contributed by atoms with E-state index in [0.717, 1.165) is 24.2 Å². The molecule has 0 spiro atoms. The molecule has 0 bridgehead atoms. The molecule has 1 amide bonds. The monoisotopic (exact) mass is 368 g/mol. The lowest BCUT2D eigenvalue weighted by molar-refractivity contribution is -0.130. The maximum atomic E-state index is 13.3. The number of benzene rings is 3. The van der Waals surface area contributed by atoms with Crippen LogP contribution in [-0.4, -0.2) is 29.2 Å². The average molecular weight is 368 g/mol. The summed E-state index contributed by atoms with van der Waals surface area (Å²) < 4.78 is 0. The van der Waals surface area contributed by atoms with Crippen molar-refractivity contribution in [1.82, 2.24) is 4.90 Å². The van der Waals surface area contributed by atoms with E-state index in [4.69, 9.17) is 4.84 Å². The third-order valence-electron chi connectivity index (χ3n) is 6.44. The Morgan fingerprint density at radius 1 is 1.04 bits per heavy atom. The van der Waals surface area contributed by atoms with E-state index < -0.39 is 0 Å². The second-order valence-corrected chi connectivity index (χ2v) is 7.97. The van der Waals surface area contributed by atoms with Crippen LogP contribution in [0.25, 0.3) is 10.8 Å². The highest BCUT2D eigenvalue weighted by atomic mass is 16.6. The van der Waals surface area contributed by atoms with Gasteiger partial charge in [-0.1, -0.05) is 71.4 Å². The van der Waals surface area contributed by atoms with Crippen molar-refractivity contribution < 1.29 is 9.63 Å². The Morgan fingerprint density at radius 3 is 2.71 bits per heavy atom. The summed E-state index contributed by atoms with van der Waals surface area (Å²) in [6, 6.07) is 20.9. The van der Waals surface area contributed by atoms with Crippen molar-refractivity contribution in [3.63, 3.8) is 0 Å². The number of oxime groups is 1. The van der Waals surface area contributed by atoms with Gasteiger partial charge in [0.1, 0.15) is 11.6 Å². The van der Waals surface area contributed by atoms with Gasteiger partial charge in [0.05, 0.1) is 6.04 Å². The largest absolute Gasteiger partial charge is 0.388 e. The molecular formula is C24H20N2O2. The third kappa shape index (κ3) is 2.06. The Balaban J connectivity index is 1.44. The molecule has 4 heteroatoms. The number of hydrogen-bond donors (Lipinski definition) is 0. The molecular weight excluding hydrogens is 348 g/mol. The topological polar surface area (TPSA) is 41.9 Å². The molecule has 0 radical (unpaired) electrons. The van der Waals surface area contributed by atoms with Crippen molar-refractivity contribution in [1.29, 1.82) is 0 Å². The first kappa shape index (κ1) is 15.9. The molecule has 4 nitrogen and oxygen atoms in total. The Kier molecular flexibility index (Phi) is 3.22. The number of nitrogens with zero attached hydrogens (tertiary/aromatic N) is 2. The van der Waals surface area contributed by atoms with Crippen molar-refractivity contribution in [2.45, 2.75) is 25.5 Å². The predicted octanol–water partition coefficient (Wildman–Crippen LogP) is 4.01. The summed E-state index contributed by atoms with van der Waals surface area (Å²) in [5.74, 6) is -0.171. The second kappa shape index (κ2) is 5.68. The lowest BCUT2D eigenvalue weighted by atomic mass is 9.85. The number of rotatable bonds is 1. The predicted molar refractivity (Wildman–Crippen MR) is 108 cm³/mol. The van der Waals surface area contributed by atoms with Crippen LogP contribution in [-0.2, 0) is 16.1 Å². The van der Waals surface area contributed by atoms with Gasteiger partial charge in [-0.3, -0.25) is 4.79 Å². The van der Waals surface area contributed by atoms with Gasteiger partial charge in [-0.05, 0) is 35.2 Å². The minimum atomic E-state index is -0.315. The Hall–Kier alpha value is -3.14. The standard InChI is InChI=1S/C24H20N2O2/c1-14-6-8-16(9-7-14)21-20-23(28-25-21)22-19-11-10-15-4-2-3-5-17(15)18(19)12-13-26(22)24(20)27/h2-11,20,22-23H,12-13H2,1H3/t20-,22-,23+/m1/s1. The minimum absolute atomic E-state index is 0.0578. The molecule has 3 aliphatic heterocycles. The van der Waals surface area contributed by atoms with Crippen LogP contribution in [0.4, 0.5) is 0 Å². The fraction of sp³-hybridized carbons (Fsp3) is 0.250. The molecule has 6 rings (SSSR count). The van der Waals surface area contributed by atoms with Gasteiger partial charge in [0, 0.05) is 12.1 Å². The lowest BCUT2D eigenvalue weighted by Crippen LogP contribution is -2.37. The second-order valence-electron chi connectivity index (χ2n) is 7.97. The number of amides is 1. The van der Waals surface area contributed by atoms with Crippen LogP contribution < -0.4 is 0 Å². The smallest absolute Gasteiger partial charge is 0.236 e. The van der Waals surface area contributed by atoms with E-state index >= 15 is 0 Å². The zero-order valence-electron chi connectivity index (χ0n) is 15.6. The molecule has 0 unspecified atom stereocenters. The molecule has 3 atom stereocenters. The summed E-state index contributed by atoms with van der Waals surface area (Å²) in [5, 5.41) is 6.90. The van der Waals surface area contributed by atoms with Gasteiger partial charge in [-0.25, -0.2) is 0 Å². The van der Waals surface area contributed by atoms with Crippen LogP contribution in [0.3, 0.4) is 0 Å². The maximum Gasteiger partial charge on any atom is 0.236 e. The number of carbonyl (C=O) groups is 1.